The summed E-state index contributed by atoms with van der Waals surface area (Å²) in [6.07, 6.45) is -0.987. The average Bonchev–Trinajstić information content (AvgIpc) is 2.26. The first kappa shape index (κ1) is 12.6. The van der Waals surface area contributed by atoms with E-state index in [2.05, 4.69) is 5.10 Å². The van der Waals surface area contributed by atoms with E-state index in [1.54, 1.807) is 0 Å². The molecule has 0 unspecified atom stereocenters. The van der Waals surface area contributed by atoms with Crippen molar-refractivity contribution in [1.29, 1.82) is 0 Å². The molecule has 0 fully saturated rings. The van der Waals surface area contributed by atoms with Gasteiger partial charge in [-0.25, -0.2) is 14.0 Å². The van der Waals surface area contributed by atoms with Gasteiger partial charge in [-0.2, -0.15) is 0 Å². The molecule has 1 amide bonds. The summed E-state index contributed by atoms with van der Waals surface area (Å²) in [7, 11) is 0. The molecule has 1 rings (SSSR count). The Bertz CT molecular complexity index is 488. The second-order valence-electron chi connectivity index (χ2n) is 2.86. The Morgan fingerprint density at radius 3 is 2.47 bits per heavy atom. The summed E-state index contributed by atoms with van der Waals surface area (Å²) in [5.41, 5.74) is -0.408. The number of carboxylic acid groups (broad SMARTS) is 2. The lowest BCUT2D eigenvalue weighted by Crippen LogP contribution is -2.19. The smallest absolute Gasteiger partial charge is 0.453 e. The summed E-state index contributed by atoms with van der Waals surface area (Å²) < 4.78 is 13.3. The van der Waals surface area contributed by atoms with Gasteiger partial charge < -0.3 is 10.2 Å². The van der Waals surface area contributed by atoms with Crippen molar-refractivity contribution in [1.82, 2.24) is 5.17 Å². The van der Waals surface area contributed by atoms with Crippen LogP contribution in [0.25, 0.3) is 0 Å². The number of hydroxylamine groups is 1. The number of hydrogen-bond acceptors (Lipinski definition) is 4. The second kappa shape index (κ2) is 5.03. The minimum absolute atomic E-state index is 0.157. The fraction of sp³-hybridized carbons (Fsp3) is 0. The van der Waals surface area contributed by atoms with Crippen molar-refractivity contribution in [2.24, 2.45) is 5.10 Å². The van der Waals surface area contributed by atoms with E-state index in [9.17, 15) is 14.0 Å². The predicted molar refractivity (Wildman–Crippen MR) is 52.6 cm³/mol. The lowest BCUT2D eigenvalue weighted by Gasteiger charge is -2.02. The molecular formula is C9H7FN2O5. The molecule has 1 aromatic carbocycles. The number of aromatic carboxylic acids is 1. The number of carbonyl (C=O) groups is 2. The van der Waals surface area contributed by atoms with Crippen molar-refractivity contribution < 1.29 is 29.4 Å². The van der Waals surface area contributed by atoms with Gasteiger partial charge in [0.15, 0.2) is 0 Å². The first-order chi connectivity index (χ1) is 7.91. The van der Waals surface area contributed by atoms with Gasteiger partial charge in [0.05, 0.1) is 11.8 Å². The highest BCUT2D eigenvalue weighted by Gasteiger charge is 2.08. The van der Waals surface area contributed by atoms with Crippen molar-refractivity contribution >= 4 is 18.3 Å². The summed E-state index contributed by atoms with van der Waals surface area (Å²) in [5.74, 6) is -2.19. The van der Waals surface area contributed by atoms with E-state index in [1.807, 2.05) is 0 Å². The molecule has 7 nitrogen and oxygen atoms in total. The number of halogens is 1. The van der Waals surface area contributed by atoms with E-state index in [0.717, 1.165) is 24.4 Å². The topological polar surface area (TPSA) is 110 Å². The molecule has 0 saturated heterocycles. The zero-order chi connectivity index (χ0) is 13.0. The van der Waals surface area contributed by atoms with E-state index in [-0.39, 0.29) is 11.1 Å². The van der Waals surface area contributed by atoms with E-state index < -0.39 is 23.1 Å². The lowest BCUT2D eigenvalue weighted by atomic mass is 10.1. The molecule has 0 bridgehead atoms. The largest absolute Gasteiger partial charge is 0.478 e. The Kier molecular flexibility index (Phi) is 3.73. The molecule has 0 heterocycles. The van der Waals surface area contributed by atoms with E-state index in [1.165, 1.54) is 0 Å². The van der Waals surface area contributed by atoms with Crippen LogP contribution in [-0.2, 0) is 0 Å². The van der Waals surface area contributed by atoms with Crippen LogP contribution < -0.4 is 0 Å². The van der Waals surface area contributed by atoms with Crippen LogP contribution in [0.15, 0.2) is 23.3 Å². The molecule has 0 aliphatic heterocycles. The zero-order valence-corrected chi connectivity index (χ0v) is 8.24. The first-order valence-electron chi connectivity index (χ1n) is 4.20. The van der Waals surface area contributed by atoms with Crippen molar-refractivity contribution in [3.8, 4) is 0 Å². The van der Waals surface area contributed by atoms with Gasteiger partial charge in [-0.3, -0.25) is 5.21 Å². The molecule has 3 N–H and O–H groups in total. The van der Waals surface area contributed by atoms with Gasteiger partial charge in [-0.05, 0) is 18.2 Å². The molecule has 0 saturated carbocycles. The minimum atomic E-state index is -1.73. The van der Waals surface area contributed by atoms with E-state index in [4.69, 9.17) is 15.4 Å². The van der Waals surface area contributed by atoms with Gasteiger partial charge in [0.25, 0.3) is 0 Å². The number of benzene rings is 1. The van der Waals surface area contributed by atoms with Gasteiger partial charge >= 0.3 is 12.1 Å². The maximum atomic E-state index is 13.3. The highest BCUT2D eigenvalue weighted by atomic mass is 19.1. The van der Waals surface area contributed by atoms with Crippen LogP contribution in [0.4, 0.5) is 9.18 Å². The molecule has 0 aliphatic carbocycles. The Morgan fingerprint density at radius 2 is 2.00 bits per heavy atom. The lowest BCUT2D eigenvalue weighted by molar-refractivity contribution is -0.0617. The maximum absolute atomic E-state index is 13.3. The zero-order valence-electron chi connectivity index (χ0n) is 8.24. The molecule has 0 atom stereocenters. The molecular weight excluding hydrogens is 235 g/mol. The number of amides is 1. The molecule has 0 radical (unpaired) electrons. The summed E-state index contributed by atoms with van der Waals surface area (Å²) in [6, 6.07) is 2.97. The molecule has 0 aliphatic rings. The highest BCUT2D eigenvalue weighted by molar-refractivity contribution is 5.89. The first-order valence-corrected chi connectivity index (χ1v) is 4.20. The standard InChI is InChI=1S/C9H7FN2O5/c10-7-3-5(8(13)14)1-2-6(7)4-11-12(17)9(15)16/h1-4,17H,(H,13,14)(H,15,16). The summed E-state index contributed by atoms with van der Waals surface area (Å²) >= 11 is 0. The number of hydrazone groups is 1. The fourth-order valence-corrected chi connectivity index (χ4v) is 0.931. The maximum Gasteiger partial charge on any atom is 0.453 e. The van der Waals surface area contributed by atoms with Crippen LogP contribution in [0, 0.1) is 5.82 Å². The molecule has 1 aromatic rings. The highest BCUT2D eigenvalue weighted by Crippen LogP contribution is 2.08. The third-order valence-corrected chi connectivity index (χ3v) is 1.72. The summed E-state index contributed by atoms with van der Waals surface area (Å²) in [4.78, 5) is 20.6. The van der Waals surface area contributed by atoms with E-state index in [0.29, 0.717) is 0 Å². The van der Waals surface area contributed by atoms with Gasteiger partial charge in [-0.15, -0.1) is 5.10 Å². The van der Waals surface area contributed by atoms with Crippen molar-refractivity contribution in [2.75, 3.05) is 0 Å². The van der Waals surface area contributed by atoms with Crippen LogP contribution >= 0.6 is 0 Å². The van der Waals surface area contributed by atoms with Crippen molar-refractivity contribution in [3.05, 3.63) is 35.1 Å². The van der Waals surface area contributed by atoms with Gasteiger partial charge in [0.2, 0.25) is 0 Å². The van der Waals surface area contributed by atoms with Crippen molar-refractivity contribution in [3.63, 3.8) is 0 Å². The van der Waals surface area contributed by atoms with Gasteiger partial charge in [0, 0.05) is 5.56 Å². The molecule has 0 aromatic heterocycles. The monoisotopic (exact) mass is 242 g/mol. The van der Waals surface area contributed by atoms with Crippen LogP contribution in [0.5, 0.6) is 0 Å². The number of hydrogen-bond donors (Lipinski definition) is 3. The van der Waals surface area contributed by atoms with Crippen LogP contribution in [0.1, 0.15) is 15.9 Å². The summed E-state index contributed by atoms with van der Waals surface area (Å²) in [6.45, 7) is 0. The third-order valence-electron chi connectivity index (χ3n) is 1.72. The predicted octanol–water partition coefficient (Wildman–Crippen LogP) is 1.23. The van der Waals surface area contributed by atoms with E-state index >= 15 is 0 Å². The van der Waals surface area contributed by atoms with Gasteiger partial charge in [-0.1, -0.05) is 5.17 Å². The van der Waals surface area contributed by atoms with Crippen LogP contribution in [0.3, 0.4) is 0 Å². The number of nitrogens with zero attached hydrogens (tertiary/aromatic N) is 2. The molecule has 0 spiro atoms. The minimum Gasteiger partial charge on any atom is -0.478 e. The molecule has 17 heavy (non-hydrogen) atoms. The Hall–Kier alpha value is -2.48. The normalized spacial score (nSPS) is 10.5. The number of carboxylic acids is 1. The SMILES string of the molecule is O=C(O)c1ccc(C=NN(O)C(=O)O)c(F)c1. The average molecular weight is 242 g/mol. The second-order valence-corrected chi connectivity index (χ2v) is 2.86. The number of rotatable bonds is 3. The van der Waals surface area contributed by atoms with Crippen molar-refractivity contribution in [2.45, 2.75) is 0 Å². The van der Waals surface area contributed by atoms with Crippen LogP contribution in [-0.4, -0.2) is 38.9 Å². The van der Waals surface area contributed by atoms with Crippen LogP contribution in [0.2, 0.25) is 0 Å². The Morgan fingerprint density at radius 1 is 1.35 bits per heavy atom. The fourth-order valence-electron chi connectivity index (χ4n) is 0.931. The summed E-state index contributed by atoms with van der Waals surface area (Å²) in [5, 5.41) is 28.1. The third kappa shape index (κ3) is 3.24. The quantitative estimate of drug-likeness (QED) is 0.419. The van der Waals surface area contributed by atoms with Gasteiger partial charge in [0.1, 0.15) is 5.82 Å². The Balaban J connectivity index is 2.94. The molecule has 8 heteroatoms. The Labute approximate surface area is 94.0 Å². The molecule has 90 valence electrons.